The van der Waals surface area contributed by atoms with Gasteiger partial charge in [-0.3, -0.25) is 9.55 Å². The minimum absolute atomic E-state index is 0.141. The fourth-order valence-electron chi connectivity index (χ4n) is 7.37. The quantitative estimate of drug-likeness (QED) is 0.190. The van der Waals surface area contributed by atoms with E-state index in [1.165, 1.54) is 16.7 Å². The molecule has 0 aliphatic carbocycles. The highest BCUT2D eigenvalue weighted by atomic mass is 16.3. The average Bonchev–Trinajstić information content (AvgIpc) is 3.49. The van der Waals surface area contributed by atoms with Gasteiger partial charge in [0, 0.05) is 22.9 Å². The zero-order valence-corrected chi connectivity index (χ0v) is 32.3. The summed E-state index contributed by atoms with van der Waals surface area (Å²) in [7, 11) is 0. The number of benzene rings is 5. The second-order valence-corrected chi connectivity index (χ2v) is 17.0. The van der Waals surface area contributed by atoms with Gasteiger partial charge in [0.1, 0.15) is 11.6 Å². The molecule has 0 amide bonds. The number of phenolic OH excluding ortho intramolecular Hbond substituents is 1. The van der Waals surface area contributed by atoms with Crippen LogP contribution in [0.4, 0.5) is 0 Å². The molecule has 0 atom stereocenters. The van der Waals surface area contributed by atoms with Gasteiger partial charge in [-0.1, -0.05) is 130 Å². The third-order valence-corrected chi connectivity index (χ3v) is 10.4. The topological polar surface area (TPSA) is 50.9 Å². The Hall–Kier alpha value is -5.22. The summed E-state index contributed by atoms with van der Waals surface area (Å²) < 4.78 is 2.31. The molecular formula is C48H51N3O. The maximum atomic E-state index is 12.3. The first-order valence-electron chi connectivity index (χ1n) is 18.6. The first-order chi connectivity index (χ1) is 24.6. The summed E-state index contributed by atoms with van der Waals surface area (Å²) in [6.45, 7) is 22.2. The van der Waals surface area contributed by atoms with Crippen LogP contribution in [0.2, 0.25) is 0 Å². The summed E-state index contributed by atoms with van der Waals surface area (Å²) in [5, 5.41) is 14.6. The molecule has 1 N–H and O–H groups in total. The van der Waals surface area contributed by atoms with E-state index in [9.17, 15) is 5.11 Å². The van der Waals surface area contributed by atoms with Gasteiger partial charge in [0.15, 0.2) is 0 Å². The molecule has 0 saturated carbocycles. The standard InChI is InChI=1S/C48H51N3O/c1-29(2)31-21-22-35(30(3)4)43(26-31)51-42-20-15-18-37(33-24-32-16-11-12-17-36(32)38(25-33)41-19-13-14-23-49-41)44(42)50-46(51)39-27-34(47(5,6)7)28-40(45(39)52)48(8,9)10/h11-30,52H,1-10H3. The molecule has 0 radical (unpaired) electrons. The highest BCUT2D eigenvalue weighted by Gasteiger charge is 2.29. The van der Waals surface area contributed by atoms with Crippen molar-refractivity contribution in [3.05, 3.63) is 132 Å². The third-order valence-electron chi connectivity index (χ3n) is 10.4. The van der Waals surface area contributed by atoms with Crippen molar-refractivity contribution < 1.29 is 5.11 Å². The van der Waals surface area contributed by atoms with Crippen molar-refractivity contribution in [2.24, 2.45) is 0 Å². The molecule has 0 aliphatic heterocycles. The van der Waals surface area contributed by atoms with Crippen LogP contribution in [0.3, 0.4) is 0 Å². The molecule has 0 spiro atoms. The minimum atomic E-state index is -0.282. The van der Waals surface area contributed by atoms with Crippen LogP contribution in [0, 0.1) is 0 Å². The van der Waals surface area contributed by atoms with Crippen molar-refractivity contribution in [2.75, 3.05) is 0 Å². The zero-order chi connectivity index (χ0) is 37.1. The van der Waals surface area contributed by atoms with Gasteiger partial charge in [-0.2, -0.15) is 0 Å². The van der Waals surface area contributed by atoms with Gasteiger partial charge < -0.3 is 5.11 Å². The third kappa shape index (κ3) is 6.29. The van der Waals surface area contributed by atoms with Gasteiger partial charge in [0.2, 0.25) is 0 Å². The molecule has 7 aromatic rings. The van der Waals surface area contributed by atoms with Crippen molar-refractivity contribution in [3.63, 3.8) is 0 Å². The maximum absolute atomic E-state index is 12.3. The molecular weight excluding hydrogens is 635 g/mol. The van der Waals surface area contributed by atoms with E-state index in [0.29, 0.717) is 5.92 Å². The molecule has 0 saturated heterocycles. The predicted octanol–water partition coefficient (Wildman–Crippen LogP) is 13.1. The van der Waals surface area contributed by atoms with E-state index in [0.717, 1.165) is 66.8 Å². The van der Waals surface area contributed by atoms with Gasteiger partial charge in [-0.05, 0) is 98.2 Å². The van der Waals surface area contributed by atoms with E-state index in [1.807, 2.05) is 18.3 Å². The number of aromatic hydroxyl groups is 1. The van der Waals surface area contributed by atoms with Crippen molar-refractivity contribution in [2.45, 2.75) is 91.9 Å². The number of aromatic nitrogens is 3. The molecule has 264 valence electrons. The molecule has 0 fully saturated rings. The number of para-hydroxylation sites is 1. The van der Waals surface area contributed by atoms with E-state index in [1.54, 1.807) is 0 Å². The lowest BCUT2D eigenvalue weighted by Gasteiger charge is -2.28. The summed E-state index contributed by atoms with van der Waals surface area (Å²) in [4.78, 5) is 10.3. The van der Waals surface area contributed by atoms with Crippen molar-refractivity contribution >= 4 is 21.8 Å². The predicted molar refractivity (Wildman–Crippen MR) is 220 cm³/mol. The lowest BCUT2D eigenvalue weighted by atomic mass is 9.79. The van der Waals surface area contributed by atoms with Crippen LogP contribution in [-0.4, -0.2) is 19.6 Å². The molecule has 7 rings (SSSR count). The van der Waals surface area contributed by atoms with Crippen LogP contribution in [0.15, 0.2) is 109 Å². The molecule has 0 aliphatic rings. The Labute approximate surface area is 309 Å². The van der Waals surface area contributed by atoms with Crippen LogP contribution < -0.4 is 0 Å². The van der Waals surface area contributed by atoms with Crippen molar-refractivity contribution in [3.8, 4) is 45.2 Å². The monoisotopic (exact) mass is 685 g/mol. The van der Waals surface area contributed by atoms with E-state index in [-0.39, 0.29) is 22.5 Å². The van der Waals surface area contributed by atoms with Crippen LogP contribution in [0.5, 0.6) is 5.75 Å². The smallest absolute Gasteiger partial charge is 0.149 e. The van der Waals surface area contributed by atoms with Gasteiger partial charge in [-0.25, -0.2) is 4.98 Å². The number of imidazole rings is 1. The van der Waals surface area contributed by atoms with Gasteiger partial charge in [0.05, 0.1) is 28.0 Å². The maximum Gasteiger partial charge on any atom is 0.149 e. The molecule has 0 bridgehead atoms. The number of hydrogen-bond acceptors (Lipinski definition) is 3. The SMILES string of the molecule is CC(C)c1ccc(C(C)C)c(-n2c(-c3cc(C(C)(C)C)cc(C(C)(C)C)c3O)nc3c(-c4cc(-c5ccccn5)c5ccccc5c4)cccc32)c1. The fraction of sp³-hybridized carbons (Fsp3) is 0.292. The normalized spacial score (nSPS) is 12.5. The molecule has 5 aromatic carbocycles. The first kappa shape index (κ1) is 35.2. The summed E-state index contributed by atoms with van der Waals surface area (Å²) in [5.41, 5.74) is 12.0. The van der Waals surface area contributed by atoms with Gasteiger partial charge in [-0.15, -0.1) is 0 Å². The lowest BCUT2D eigenvalue weighted by molar-refractivity contribution is 0.446. The summed E-state index contributed by atoms with van der Waals surface area (Å²) in [6, 6.07) is 36.8. The first-order valence-corrected chi connectivity index (χ1v) is 18.6. The average molecular weight is 686 g/mol. The highest BCUT2D eigenvalue weighted by molar-refractivity contribution is 6.03. The number of fused-ring (bicyclic) bond motifs is 2. The largest absolute Gasteiger partial charge is 0.507 e. The second kappa shape index (κ2) is 13.1. The Morgan fingerprint density at radius 2 is 1.40 bits per heavy atom. The van der Waals surface area contributed by atoms with Crippen molar-refractivity contribution in [1.82, 2.24) is 14.5 Å². The molecule has 4 nitrogen and oxygen atoms in total. The summed E-state index contributed by atoms with van der Waals surface area (Å²) in [5.74, 6) is 1.64. The Morgan fingerprint density at radius 3 is 2.08 bits per heavy atom. The van der Waals surface area contributed by atoms with Crippen LogP contribution in [0.1, 0.15) is 103 Å². The van der Waals surface area contributed by atoms with Crippen LogP contribution in [0.25, 0.3) is 61.3 Å². The minimum Gasteiger partial charge on any atom is -0.507 e. The number of hydrogen-bond donors (Lipinski definition) is 1. The molecule has 2 aromatic heterocycles. The van der Waals surface area contributed by atoms with E-state index in [4.69, 9.17) is 9.97 Å². The Balaban J connectivity index is 1.62. The molecule has 4 heteroatoms. The number of phenols is 1. The van der Waals surface area contributed by atoms with Gasteiger partial charge in [0.25, 0.3) is 0 Å². The Bertz CT molecular complexity index is 2440. The Kier molecular flexibility index (Phi) is 8.85. The van der Waals surface area contributed by atoms with Crippen LogP contribution >= 0.6 is 0 Å². The second-order valence-electron chi connectivity index (χ2n) is 17.0. The van der Waals surface area contributed by atoms with E-state index >= 15 is 0 Å². The highest BCUT2D eigenvalue weighted by Crippen LogP contribution is 2.45. The zero-order valence-electron chi connectivity index (χ0n) is 32.3. The van der Waals surface area contributed by atoms with Crippen LogP contribution in [-0.2, 0) is 10.8 Å². The molecule has 0 unspecified atom stereocenters. The van der Waals surface area contributed by atoms with Crippen molar-refractivity contribution in [1.29, 1.82) is 0 Å². The number of nitrogens with zero attached hydrogens (tertiary/aromatic N) is 3. The molecule has 2 heterocycles. The lowest BCUT2D eigenvalue weighted by Crippen LogP contribution is -2.17. The van der Waals surface area contributed by atoms with E-state index in [2.05, 4.69) is 165 Å². The number of rotatable bonds is 6. The summed E-state index contributed by atoms with van der Waals surface area (Å²) in [6.07, 6.45) is 1.85. The van der Waals surface area contributed by atoms with Gasteiger partial charge >= 0.3 is 0 Å². The van der Waals surface area contributed by atoms with E-state index < -0.39 is 0 Å². The Morgan fingerprint density at radius 1 is 0.654 bits per heavy atom. The molecule has 52 heavy (non-hydrogen) atoms. The fourth-order valence-corrected chi connectivity index (χ4v) is 7.37. The summed E-state index contributed by atoms with van der Waals surface area (Å²) >= 11 is 0. The number of pyridine rings is 1.